The minimum atomic E-state index is -0.151. The molecule has 5 nitrogen and oxygen atoms in total. The second kappa shape index (κ2) is 4.57. The average molecular weight is 266 g/mol. The molecule has 1 aromatic heterocycles. The van der Waals surface area contributed by atoms with Gasteiger partial charge in [-0.05, 0) is 31.1 Å². The van der Waals surface area contributed by atoms with Crippen molar-refractivity contribution in [1.29, 1.82) is 0 Å². The Morgan fingerprint density at radius 1 is 1.44 bits per heavy atom. The first-order chi connectivity index (χ1) is 8.63. The first-order valence-electron chi connectivity index (χ1n) is 6.43. The fourth-order valence-corrected chi connectivity index (χ4v) is 4.39. The van der Waals surface area contributed by atoms with E-state index in [0.717, 1.165) is 17.0 Å². The van der Waals surface area contributed by atoms with Crippen LogP contribution >= 0.6 is 11.8 Å². The van der Waals surface area contributed by atoms with E-state index in [9.17, 15) is 4.79 Å². The van der Waals surface area contributed by atoms with Crippen LogP contribution in [-0.2, 0) is 0 Å². The lowest BCUT2D eigenvalue weighted by atomic mass is 10.0. The molecule has 3 rings (SSSR count). The highest BCUT2D eigenvalue weighted by Crippen LogP contribution is 2.50. The van der Waals surface area contributed by atoms with Gasteiger partial charge in [-0.15, -0.1) is 5.10 Å². The monoisotopic (exact) mass is 266 g/mol. The summed E-state index contributed by atoms with van der Waals surface area (Å²) in [5.41, 5.74) is 0. The molecule has 2 saturated carbocycles. The maximum absolute atomic E-state index is 11.7. The van der Waals surface area contributed by atoms with Gasteiger partial charge in [0.15, 0.2) is 0 Å². The summed E-state index contributed by atoms with van der Waals surface area (Å²) >= 11 is 1.75. The van der Waals surface area contributed by atoms with Gasteiger partial charge in [-0.3, -0.25) is 0 Å². The molecule has 0 radical (unpaired) electrons. The lowest BCUT2D eigenvalue weighted by Crippen LogP contribution is -2.27. The molecule has 18 heavy (non-hydrogen) atoms. The number of amides is 1. The molecule has 0 aliphatic heterocycles. The van der Waals surface area contributed by atoms with E-state index in [4.69, 9.17) is 0 Å². The summed E-state index contributed by atoms with van der Waals surface area (Å²) in [6.07, 6.45) is 6.96. The van der Waals surface area contributed by atoms with Crippen LogP contribution < -0.4 is 0 Å². The van der Waals surface area contributed by atoms with Crippen LogP contribution in [0.1, 0.15) is 25.7 Å². The molecular formula is C12H18N4OS. The smallest absolute Gasteiger partial charge is 0.329 e. The third-order valence-electron chi connectivity index (χ3n) is 3.98. The van der Waals surface area contributed by atoms with Crippen LogP contribution in [-0.4, -0.2) is 45.0 Å². The number of carbonyl (C=O) groups is 1. The summed E-state index contributed by atoms with van der Waals surface area (Å²) in [5, 5.41) is 5.66. The highest BCUT2D eigenvalue weighted by Gasteiger charge is 2.40. The number of rotatable bonds is 2. The quantitative estimate of drug-likeness (QED) is 0.822. The van der Waals surface area contributed by atoms with Crippen molar-refractivity contribution in [2.24, 2.45) is 11.8 Å². The molecule has 0 spiro atoms. The number of nitrogens with zero attached hydrogens (tertiary/aromatic N) is 4. The Bertz CT molecular complexity index is 459. The van der Waals surface area contributed by atoms with Crippen LogP contribution in [0.3, 0.4) is 0 Å². The largest absolute Gasteiger partial charge is 0.345 e. The number of thioether (sulfide) groups is 1. The Morgan fingerprint density at radius 2 is 2.28 bits per heavy atom. The summed E-state index contributed by atoms with van der Waals surface area (Å²) in [6, 6.07) is -0.151. The van der Waals surface area contributed by atoms with Crippen LogP contribution in [0.25, 0.3) is 0 Å². The van der Waals surface area contributed by atoms with Gasteiger partial charge in [0.1, 0.15) is 6.33 Å². The van der Waals surface area contributed by atoms with Crippen LogP contribution in [0.2, 0.25) is 0 Å². The normalized spacial score (nSPS) is 29.8. The number of carbonyl (C=O) groups excluding carboxylic acids is 1. The number of hydrogen-bond acceptors (Lipinski definition) is 4. The summed E-state index contributed by atoms with van der Waals surface area (Å²) in [7, 11) is 3.43. The minimum Gasteiger partial charge on any atom is -0.329 e. The van der Waals surface area contributed by atoms with E-state index in [2.05, 4.69) is 10.1 Å². The van der Waals surface area contributed by atoms with E-state index in [1.807, 2.05) is 0 Å². The molecule has 2 fully saturated rings. The van der Waals surface area contributed by atoms with Gasteiger partial charge in [-0.1, -0.05) is 18.2 Å². The van der Waals surface area contributed by atoms with Gasteiger partial charge in [0.2, 0.25) is 5.16 Å². The van der Waals surface area contributed by atoms with Crippen LogP contribution in [0.5, 0.6) is 0 Å². The van der Waals surface area contributed by atoms with Crippen molar-refractivity contribution in [1.82, 2.24) is 19.7 Å². The van der Waals surface area contributed by atoms with Gasteiger partial charge in [-0.2, -0.15) is 4.68 Å². The molecule has 6 heteroatoms. The van der Waals surface area contributed by atoms with E-state index in [-0.39, 0.29) is 6.03 Å². The van der Waals surface area contributed by atoms with Crippen molar-refractivity contribution >= 4 is 17.8 Å². The molecule has 98 valence electrons. The van der Waals surface area contributed by atoms with Gasteiger partial charge in [-0.25, -0.2) is 9.78 Å². The number of fused-ring (bicyclic) bond motifs is 2. The Balaban J connectivity index is 1.65. The Morgan fingerprint density at radius 3 is 2.89 bits per heavy atom. The van der Waals surface area contributed by atoms with Gasteiger partial charge in [0.25, 0.3) is 0 Å². The molecule has 2 aliphatic carbocycles. The van der Waals surface area contributed by atoms with Gasteiger partial charge < -0.3 is 4.90 Å². The zero-order valence-corrected chi connectivity index (χ0v) is 11.6. The summed E-state index contributed by atoms with van der Waals surface area (Å²) < 4.78 is 1.32. The number of hydrogen-bond donors (Lipinski definition) is 0. The maximum atomic E-state index is 11.7. The molecule has 1 amide bonds. The maximum Gasteiger partial charge on any atom is 0.345 e. The first kappa shape index (κ1) is 12.0. The van der Waals surface area contributed by atoms with Crippen molar-refractivity contribution < 1.29 is 4.79 Å². The SMILES string of the molecule is CN(C)C(=O)n1cnc(SC2CC3CCC2C3)n1. The predicted octanol–water partition coefficient (Wildman–Crippen LogP) is 2.09. The fraction of sp³-hybridized carbons (Fsp3) is 0.750. The Hall–Kier alpha value is -1.04. The van der Waals surface area contributed by atoms with Gasteiger partial charge in [0, 0.05) is 19.3 Å². The zero-order valence-electron chi connectivity index (χ0n) is 10.7. The van der Waals surface area contributed by atoms with Crippen molar-refractivity contribution in [3.63, 3.8) is 0 Å². The standard InChI is InChI=1S/C12H18N4OS/c1-15(2)12(17)16-7-13-11(14-16)18-10-6-8-3-4-9(10)5-8/h7-10H,3-6H2,1-2H3. The lowest BCUT2D eigenvalue weighted by molar-refractivity contribution is 0.215. The highest BCUT2D eigenvalue weighted by molar-refractivity contribution is 7.99. The van der Waals surface area contributed by atoms with Crippen LogP contribution in [0.15, 0.2) is 11.5 Å². The van der Waals surface area contributed by atoms with E-state index in [0.29, 0.717) is 5.25 Å². The molecule has 2 aliphatic rings. The molecule has 3 unspecified atom stereocenters. The fourth-order valence-electron chi connectivity index (χ4n) is 3.07. The topological polar surface area (TPSA) is 51.0 Å². The van der Waals surface area contributed by atoms with Crippen molar-refractivity contribution in [3.05, 3.63) is 6.33 Å². The van der Waals surface area contributed by atoms with E-state index in [1.165, 1.54) is 41.6 Å². The Kier molecular flexibility index (Phi) is 3.05. The molecular weight excluding hydrogens is 248 g/mol. The molecule has 0 N–H and O–H groups in total. The second-order valence-electron chi connectivity index (χ2n) is 5.48. The van der Waals surface area contributed by atoms with E-state index >= 15 is 0 Å². The first-order valence-corrected chi connectivity index (χ1v) is 7.31. The van der Waals surface area contributed by atoms with Crippen LogP contribution in [0, 0.1) is 11.8 Å². The van der Waals surface area contributed by atoms with Crippen molar-refractivity contribution in [2.75, 3.05) is 14.1 Å². The minimum absolute atomic E-state index is 0.151. The molecule has 1 heterocycles. The summed E-state index contributed by atoms with van der Waals surface area (Å²) in [5.74, 6) is 1.77. The molecule has 0 aromatic carbocycles. The second-order valence-corrected chi connectivity index (χ2v) is 6.69. The van der Waals surface area contributed by atoms with Crippen molar-refractivity contribution in [2.45, 2.75) is 36.1 Å². The van der Waals surface area contributed by atoms with Crippen LogP contribution in [0.4, 0.5) is 4.79 Å². The van der Waals surface area contributed by atoms with Crippen molar-refractivity contribution in [3.8, 4) is 0 Å². The third-order valence-corrected chi connectivity index (χ3v) is 5.26. The summed E-state index contributed by atoms with van der Waals surface area (Å²) in [4.78, 5) is 17.4. The molecule has 0 saturated heterocycles. The zero-order chi connectivity index (χ0) is 12.7. The molecule has 2 bridgehead atoms. The molecule has 3 atom stereocenters. The Labute approximate surface area is 111 Å². The third kappa shape index (κ3) is 2.13. The summed E-state index contributed by atoms with van der Waals surface area (Å²) in [6.45, 7) is 0. The highest BCUT2D eigenvalue weighted by atomic mass is 32.2. The van der Waals surface area contributed by atoms with E-state index in [1.54, 1.807) is 25.9 Å². The number of aromatic nitrogens is 3. The predicted molar refractivity (Wildman–Crippen MR) is 69.6 cm³/mol. The van der Waals surface area contributed by atoms with Gasteiger partial charge >= 0.3 is 6.03 Å². The lowest BCUT2D eigenvalue weighted by Gasteiger charge is -2.19. The van der Waals surface area contributed by atoms with Gasteiger partial charge in [0.05, 0.1) is 0 Å². The average Bonchev–Trinajstić information content (AvgIpc) is 3.03. The van der Waals surface area contributed by atoms with E-state index < -0.39 is 0 Å². The molecule has 1 aromatic rings.